The molecule has 0 aliphatic heterocycles. The van der Waals surface area contributed by atoms with Gasteiger partial charge >= 0.3 is 0 Å². The lowest BCUT2D eigenvalue weighted by Gasteiger charge is -2.22. The summed E-state index contributed by atoms with van der Waals surface area (Å²) in [5, 5.41) is 32.9. The zero-order chi connectivity index (χ0) is 36.8. The van der Waals surface area contributed by atoms with Crippen molar-refractivity contribution in [2.45, 2.75) is 64.6 Å². The van der Waals surface area contributed by atoms with E-state index in [0.717, 1.165) is 69.9 Å². The maximum absolute atomic E-state index is 10.2. The lowest BCUT2D eigenvalue weighted by atomic mass is 9.98. The minimum atomic E-state index is -0.233. The molecule has 4 heterocycles. The van der Waals surface area contributed by atoms with E-state index in [2.05, 4.69) is 44.2 Å². The smallest absolute Gasteiger partial charge is 0.129 e. The van der Waals surface area contributed by atoms with Crippen LogP contribution >= 0.6 is 23.2 Å². The third kappa shape index (κ3) is 9.07. The lowest BCUT2D eigenvalue weighted by molar-refractivity contribution is 0.0154. The SMILES string of the molecule is COC(C)(C)CCc1nnc(-c2ccc(Cl)cc2O)c2ccncc12.COc1cc(Cl)ccc1-c1nnc(CCC(C)(C)OC)c2cnccc12. The molecular formula is C39H42Cl2N6O4. The van der Waals surface area contributed by atoms with Crippen molar-refractivity contribution in [2.75, 3.05) is 21.3 Å². The molecule has 0 fully saturated rings. The van der Waals surface area contributed by atoms with Crippen molar-refractivity contribution in [1.82, 2.24) is 30.4 Å². The molecule has 6 rings (SSSR count). The van der Waals surface area contributed by atoms with Crippen molar-refractivity contribution < 1.29 is 19.3 Å². The van der Waals surface area contributed by atoms with E-state index in [4.69, 9.17) is 37.4 Å². The fourth-order valence-electron chi connectivity index (χ4n) is 5.47. The molecule has 12 heteroatoms. The highest BCUT2D eigenvalue weighted by atomic mass is 35.5. The highest BCUT2D eigenvalue weighted by molar-refractivity contribution is 6.31. The first-order chi connectivity index (χ1) is 24.4. The Morgan fingerprint density at radius 1 is 0.608 bits per heavy atom. The van der Waals surface area contributed by atoms with E-state index < -0.39 is 0 Å². The van der Waals surface area contributed by atoms with E-state index >= 15 is 0 Å². The number of hydrogen-bond acceptors (Lipinski definition) is 10. The van der Waals surface area contributed by atoms with Gasteiger partial charge in [-0.05, 0) is 102 Å². The molecule has 0 amide bonds. The molecule has 0 saturated heterocycles. The Morgan fingerprint density at radius 2 is 1.08 bits per heavy atom. The second-order valence-corrected chi connectivity index (χ2v) is 14.1. The number of methoxy groups -OCH3 is 3. The molecule has 0 atom stereocenters. The average Bonchev–Trinajstić information content (AvgIpc) is 3.13. The molecule has 51 heavy (non-hydrogen) atoms. The Labute approximate surface area is 308 Å². The van der Waals surface area contributed by atoms with Crippen LogP contribution in [0.5, 0.6) is 11.5 Å². The van der Waals surface area contributed by atoms with Crippen LogP contribution in [-0.4, -0.2) is 68.0 Å². The highest BCUT2D eigenvalue weighted by Gasteiger charge is 2.21. The lowest BCUT2D eigenvalue weighted by Crippen LogP contribution is -2.23. The van der Waals surface area contributed by atoms with Gasteiger partial charge in [0, 0.05) is 81.7 Å². The number of rotatable bonds is 11. The number of aromatic nitrogens is 6. The van der Waals surface area contributed by atoms with Crippen molar-refractivity contribution >= 4 is 44.7 Å². The number of ether oxygens (including phenoxy) is 3. The van der Waals surface area contributed by atoms with E-state index in [1.807, 2.05) is 44.3 Å². The zero-order valence-electron chi connectivity index (χ0n) is 29.9. The number of pyridine rings is 2. The molecule has 0 aliphatic rings. The fourth-order valence-corrected chi connectivity index (χ4v) is 5.80. The molecule has 10 nitrogen and oxygen atoms in total. The zero-order valence-corrected chi connectivity index (χ0v) is 31.4. The van der Waals surface area contributed by atoms with Crippen molar-refractivity contribution in [3.63, 3.8) is 0 Å². The highest BCUT2D eigenvalue weighted by Crippen LogP contribution is 2.37. The predicted molar refractivity (Wildman–Crippen MR) is 203 cm³/mol. The van der Waals surface area contributed by atoms with Crippen molar-refractivity contribution in [3.8, 4) is 34.0 Å². The monoisotopic (exact) mass is 728 g/mol. The number of nitrogens with zero attached hydrogens (tertiary/aromatic N) is 6. The van der Waals surface area contributed by atoms with Crippen LogP contribution in [0.1, 0.15) is 51.9 Å². The van der Waals surface area contributed by atoms with Gasteiger partial charge in [0.25, 0.3) is 0 Å². The number of phenolic OH excluding ortho intramolecular Hbond substituents is 1. The fraction of sp³-hybridized carbons (Fsp3) is 0.333. The van der Waals surface area contributed by atoms with Crippen LogP contribution in [0.3, 0.4) is 0 Å². The van der Waals surface area contributed by atoms with Crippen LogP contribution in [0.25, 0.3) is 44.1 Å². The quantitative estimate of drug-likeness (QED) is 0.138. The number of aryl methyl sites for hydroxylation is 2. The van der Waals surface area contributed by atoms with Gasteiger partial charge in [-0.2, -0.15) is 10.2 Å². The summed E-state index contributed by atoms with van der Waals surface area (Å²) in [6, 6.07) is 14.3. The summed E-state index contributed by atoms with van der Waals surface area (Å²) in [5.74, 6) is 0.742. The Hall–Kier alpha value is -4.48. The van der Waals surface area contributed by atoms with Crippen LogP contribution in [0.15, 0.2) is 73.3 Å². The third-order valence-electron chi connectivity index (χ3n) is 8.98. The summed E-state index contributed by atoms with van der Waals surface area (Å²) in [7, 11) is 5.05. The number of fused-ring (bicyclic) bond motifs is 2. The van der Waals surface area contributed by atoms with Crippen LogP contribution < -0.4 is 4.74 Å². The van der Waals surface area contributed by atoms with Crippen LogP contribution in [-0.2, 0) is 22.3 Å². The molecule has 0 radical (unpaired) electrons. The van der Waals surface area contributed by atoms with Crippen LogP contribution in [0.2, 0.25) is 10.0 Å². The topological polar surface area (TPSA) is 125 Å². The molecule has 0 aliphatic carbocycles. The number of phenols is 1. The summed E-state index contributed by atoms with van der Waals surface area (Å²) >= 11 is 12.0. The van der Waals surface area contributed by atoms with Crippen molar-refractivity contribution in [1.29, 1.82) is 0 Å². The van der Waals surface area contributed by atoms with E-state index in [9.17, 15) is 5.11 Å². The van der Waals surface area contributed by atoms with E-state index in [0.29, 0.717) is 27.1 Å². The Kier molecular flexibility index (Phi) is 12.0. The summed E-state index contributed by atoms with van der Waals surface area (Å²) in [6.45, 7) is 8.21. The van der Waals surface area contributed by atoms with E-state index in [1.165, 1.54) is 6.07 Å². The van der Waals surface area contributed by atoms with Gasteiger partial charge in [-0.25, -0.2) is 0 Å². The second kappa shape index (κ2) is 16.2. The first-order valence-corrected chi connectivity index (χ1v) is 17.2. The number of benzene rings is 2. The maximum atomic E-state index is 10.2. The average molecular weight is 730 g/mol. The van der Waals surface area contributed by atoms with E-state index in [1.54, 1.807) is 58.1 Å². The van der Waals surface area contributed by atoms with Crippen molar-refractivity contribution in [2.24, 2.45) is 0 Å². The Morgan fingerprint density at radius 3 is 1.55 bits per heavy atom. The van der Waals surface area contributed by atoms with Crippen LogP contribution in [0.4, 0.5) is 0 Å². The molecule has 1 N–H and O–H groups in total. The molecule has 0 bridgehead atoms. The minimum Gasteiger partial charge on any atom is -0.507 e. The summed E-state index contributed by atoms with van der Waals surface area (Å²) in [5.41, 5.74) is 4.14. The molecule has 2 aromatic carbocycles. The Bertz CT molecular complexity index is 2140. The first kappa shape index (κ1) is 37.8. The first-order valence-electron chi connectivity index (χ1n) is 16.5. The van der Waals surface area contributed by atoms with Gasteiger partial charge in [0.05, 0.1) is 29.7 Å². The standard InChI is InChI=1S/C20H22ClN3O2.C19H20ClN3O2/c1-20(2,26-4)9-7-17-16-12-22-10-8-14(16)19(24-23-17)15-6-5-13(21)11-18(15)25-3;1-19(2,25-3)8-6-16-15-11-21-9-7-13(15)18(23-22-16)14-5-4-12(20)10-17(14)24/h5-6,8,10-12H,7,9H2,1-4H3;4-5,7,9-11,24H,6,8H2,1-3H3. The Balaban J connectivity index is 0.000000198. The summed E-state index contributed by atoms with van der Waals surface area (Å²) < 4.78 is 16.5. The molecule has 0 saturated carbocycles. The van der Waals surface area contributed by atoms with Gasteiger partial charge < -0.3 is 19.3 Å². The van der Waals surface area contributed by atoms with Gasteiger partial charge in [0.15, 0.2) is 0 Å². The van der Waals surface area contributed by atoms with Gasteiger partial charge in [0.2, 0.25) is 0 Å². The van der Waals surface area contributed by atoms with Gasteiger partial charge in [-0.15, -0.1) is 10.2 Å². The second-order valence-electron chi connectivity index (χ2n) is 13.3. The minimum absolute atomic E-state index is 0.0770. The molecule has 0 spiro atoms. The van der Waals surface area contributed by atoms with Gasteiger partial charge in [-0.1, -0.05) is 23.2 Å². The third-order valence-corrected chi connectivity index (χ3v) is 9.45. The molecule has 4 aromatic heterocycles. The number of halogens is 2. The summed E-state index contributed by atoms with van der Waals surface area (Å²) in [4.78, 5) is 8.51. The summed E-state index contributed by atoms with van der Waals surface area (Å²) in [6.07, 6.45) is 10.2. The molecule has 266 valence electrons. The molecule has 6 aromatic rings. The predicted octanol–water partition coefficient (Wildman–Crippen LogP) is 9.12. The van der Waals surface area contributed by atoms with Gasteiger partial charge in [-0.3, -0.25) is 9.97 Å². The molecule has 0 unspecified atom stereocenters. The van der Waals surface area contributed by atoms with Gasteiger partial charge in [0.1, 0.15) is 22.9 Å². The normalized spacial score (nSPS) is 11.8. The number of hydrogen-bond donors (Lipinski definition) is 1. The molecular weight excluding hydrogens is 687 g/mol. The maximum Gasteiger partial charge on any atom is 0.129 e. The van der Waals surface area contributed by atoms with Crippen LogP contribution in [0, 0.1) is 0 Å². The largest absolute Gasteiger partial charge is 0.507 e. The number of aromatic hydroxyl groups is 1. The van der Waals surface area contributed by atoms with E-state index in [-0.39, 0.29) is 17.0 Å². The van der Waals surface area contributed by atoms with Crippen molar-refractivity contribution in [3.05, 3.63) is 94.8 Å².